The second kappa shape index (κ2) is 9.57. The summed E-state index contributed by atoms with van der Waals surface area (Å²) in [6, 6.07) is 21.5. The van der Waals surface area contributed by atoms with E-state index in [0.717, 1.165) is 43.9 Å². The van der Waals surface area contributed by atoms with Gasteiger partial charge in [0, 0.05) is 37.6 Å². The van der Waals surface area contributed by atoms with Gasteiger partial charge in [0.1, 0.15) is 5.75 Å². The minimum atomic E-state index is 0.0296. The molecule has 4 rings (SSSR count). The Hall–Kier alpha value is -3.14. The Bertz CT molecular complexity index is 1000. The van der Waals surface area contributed by atoms with Gasteiger partial charge in [0.05, 0.1) is 11.6 Å². The van der Waals surface area contributed by atoms with Crippen LogP contribution in [-0.4, -0.2) is 48.5 Å². The number of ether oxygens (including phenoxy) is 1. The second-order valence-corrected chi connectivity index (χ2v) is 8.27. The van der Waals surface area contributed by atoms with Crippen LogP contribution in [0.4, 0.5) is 0 Å². The number of thiophene rings is 1. The summed E-state index contributed by atoms with van der Waals surface area (Å²) >= 11 is 1.78. The first-order chi connectivity index (χ1) is 14.7. The molecule has 1 fully saturated rings. The van der Waals surface area contributed by atoms with E-state index in [1.165, 1.54) is 4.88 Å². The highest BCUT2D eigenvalue weighted by molar-refractivity contribution is 7.09. The number of nitriles is 1. The molecule has 1 aliphatic heterocycles. The number of piperazine rings is 1. The molecule has 5 nitrogen and oxygen atoms in total. The molecule has 1 amide bonds. The Morgan fingerprint density at radius 3 is 2.23 bits per heavy atom. The van der Waals surface area contributed by atoms with E-state index < -0.39 is 0 Å². The number of carbonyl (C=O) groups excluding carboxylic acids is 1. The van der Waals surface area contributed by atoms with Crippen molar-refractivity contribution >= 4 is 17.2 Å². The van der Waals surface area contributed by atoms with E-state index in [1.54, 1.807) is 23.5 Å². The average Bonchev–Trinajstić information content (AvgIpc) is 3.31. The van der Waals surface area contributed by atoms with Gasteiger partial charge in [-0.25, -0.2) is 0 Å². The van der Waals surface area contributed by atoms with E-state index in [9.17, 15) is 4.79 Å². The maximum atomic E-state index is 12.5. The Morgan fingerprint density at radius 1 is 0.967 bits per heavy atom. The minimum Gasteiger partial charge on any atom is -0.484 e. The minimum absolute atomic E-state index is 0.0296. The first-order valence-electron chi connectivity index (χ1n) is 9.97. The van der Waals surface area contributed by atoms with Crippen LogP contribution < -0.4 is 4.74 Å². The molecular weight excluding hydrogens is 394 g/mol. The molecule has 0 saturated carbocycles. The lowest BCUT2D eigenvalue weighted by Crippen LogP contribution is -2.49. The molecule has 1 saturated heterocycles. The summed E-state index contributed by atoms with van der Waals surface area (Å²) in [5, 5.41) is 11.0. The third kappa shape index (κ3) is 5.07. The summed E-state index contributed by atoms with van der Waals surface area (Å²) in [6.45, 7) is 4.28. The third-order valence-corrected chi connectivity index (χ3v) is 6.11. The van der Waals surface area contributed by atoms with E-state index in [-0.39, 0.29) is 12.5 Å². The second-order valence-electron chi connectivity index (χ2n) is 7.24. The number of amides is 1. The molecule has 2 aromatic carbocycles. The van der Waals surface area contributed by atoms with Crippen molar-refractivity contribution in [3.05, 3.63) is 76.5 Å². The zero-order valence-corrected chi connectivity index (χ0v) is 17.5. The van der Waals surface area contributed by atoms with Crippen molar-refractivity contribution in [2.45, 2.75) is 6.54 Å². The number of nitrogens with zero attached hydrogens (tertiary/aromatic N) is 3. The van der Waals surface area contributed by atoms with Gasteiger partial charge in [0.25, 0.3) is 5.91 Å². The van der Waals surface area contributed by atoms with Crippen LogP contribution in [0.15, 0.2) is 66.0 Å². The molecule has 1 aliphatic rings. The molecule has 0 spiro atoms. The smallest absolute Gasteiger partial charge is 0.260 e. The van der Waals surface area contributed by atoms with Crippen LogP contribution in [0.1, 0.15) is 10.4 Å². The van der Waals surface area contributed by atoms with Crippen LogP contribution in [-0.2, 0) is 11.3 Å². The Balaban J connectivity index is 1.24. The fourth-order valence-corrected chi connectivity index (χ4v) is 4.24. The van der Waals surface area contributed by atoms with Crippen LogP contribution in [0.25, 0.3) is 11.1 Å². The van der Waals surface area contributed by atoms with Crippen LogP contribution in [0.3, 0.4) is 0 Å². The molecular formula is C24H23N3O2S. The average molecular weight is 418 g/mol. The Kier molecular flexibility index (Phi) is 6.43. The fourth-order valence-electron chi connectivity index (χ4n) is 3.50. The highest BCUT2D eigenvalue weighted by Crippen LogP contribution is 2.23. The van der Waals surface area contributed by atoms with Gasteiger partial charge in [0.2, 0.25) is 0 Å². The molecule has 0 N–H and O–H groups in total. The monoisotopic (exact) mass is 417 g/mol. The Labute approximate surface area is 180 Å². The topological polar surface area (TPSA) is 56.6 Å². The molecule has 30 heavy (non-hydrogen) atoms. The van der Waals surface area contributed by atoms with Gasteiger partial charge in [-0.1, -0.05) is 30.3 Å². The summed E-state index contributed by atoms with van der Waals surface area (Å²) in [4.78, 5) is 18.1. The lowest BCUT2D eigenvalue weighted by Gasteiger charge is -2.34. The van der Waals surface area contributed by atoms with Crippen molar-refractivity contribution in [1.29, 1.82) is 5.26 Å². The molecule has 3 aromatic rings. The van der Waals surface area contributed by atoms with Crippen LogP contribution >= 0.6 is 11.3 Å². The SMILES string of the molecule is N#Cc1ccc(-c2ccc(OCC(=O)N3CCN(Cc4cccs4)CC3)cc2)cc1. The predicted molar refractivity (Wildman–Crippen MR) is 118 cm³/mol. The van der Waals surface area contributed by atoms with Crippen molar-refractivity contribution < 1.29 is 9.53 Å². The largest absolute Gasteiger partial charge is 0.484 e. The molecule has 0 radical (unpaired) electrons. The standard InChI is InChI=1S/C24H23N3O2S/c25-16-19-3-5-20(6-4-19)21-7-9-22(10-8-21)29-18-24(28)27-13-11-26(12-14-27)17-23-2-1-15-30-23/h1-10,15H,11-14,17-18H2. The zero-order valence-electron chi connectivity index (χ0n) is 16.7. The van der Waals surface area contributed by atoms with Gasteiger partial charge < -0.3 is 9.64 Å². The van der Waals surface area contributed by atoms with Gasteiger partial charge in [-0.3, -0.25) is 9.69 Å². The molecule has 0 atom stereocenters. The molecule has 0 aliphatic carbocycles. The number of rotatable bonds is 6. The van der Waals surface area contributed by atoms with Crippen LogP contribution in [0.2, 0.25) is 0 Å². The number of hydrogen-bond acceptors (Lipinski definition) is 5. The Morgan fingerprint density at radius 2 is 1.63 bits per heavy atom. The highest BCUT2D eigenvalue weighted by atomic mass is 32.1. The lowest BCUT2D eigenvalue weighted by molar-refractivity contribution is -0.135. The number of carbonyl (C=O) groups is 1. The highest BCUT2D eigenvalue weighted by Gasteiger charge is 2.21. The van der Waals surface area contributed by atoms with Crippen molar-refractivity contribution in [2.24, 2.45) is 0 Å². The van der Waals surface area contributed by atoms with Crippen LogP contribution in [0.5, 0.6) is 5.75 Å². The van der Waals surface area contributed by atoms with E-state index in [4.69, 9.17) is 10.00 Å². The number of benzene rings is 2. The van der Waals surface area contributed by atoms with Crippen molar-refractivity contribution in [1.82, 2.24) is 9.80 Å². The maximum Gasteiger partial charge on any atom is 0.260 e. The van der Waals surface area contributed by atoms with Gasteiger partial charge >= 0.3 is 0 Å². The maximum absolute atomic E-state index is 12.5. The van der Waals surface area contributed by atoms with Gasteiger partial charge in [-0.2, -0.15) is 5.26 Å². The first-order valence-corrected chi connectivity index (χ1v) is 10.8. The van der Waals surface area contributed by atoms with Crippen LogP contribution in [0, 0.1) is 11.3 Å². The normalized spacial score (nSPS) is 14.3. The summed E-state index contributed by atoms with van der Waals surface area (Å²) < 4.78 is 5.71. The third-order valence-electron chi connectivity index (χ3n) is 5.25. The number of hydrogen-bond donors (Lipinski definition) is 0. The van der Waals surface area contributed by atoms with Gasteiger partial charge in [0.15, 0.2) is 6.61 Å². The first kappa shape index (κ1) is 20.1. The predicted octanol–water partition coefficient (Wildman–Crippen LogP) is 4.01. The fraction of sp³-hybridized carbons (Fsp3) is 0.250. The lowest BCUT2D eigenvalue weighted by atomic mass is 10.0. The summed E-state index contributed by atoms with van der Waals surface area (Å²) in [7, 11) is 0. The van der Waals surface area contributed by atoms with Crippen molar-refractivity contribution in [2.75, 3.05) is 32.8 Å². The summed E-state index contributed by atoms with van der Waals surface area (Å²) in [5.74, 6) is 0.707. The molecule has 0 unspecified atom stereocenters. The van der Waals surface area contributed by atoms with Crippen molar-refractivity contribution in [3.8, 4) is 22.9 Å². The van der Waals surface area contributed by atoms with E-state index in [0.29, 0.717) is 11.3 Å². The molecule has 2 heterocycles. The van der Waals surface area contributed by atoms with Gasteiger partial charge in [-0.15, -0.1) is 11.3 Å². The molecule has 152 valence electrons. The van der Waals surface area contributed by atoms with E-state index >= 15 is 0 Å². The molecule has 0 bridgehead atoms. The van der Waals surface area contributed by atoms with Gasteiger partial charge in [-0.05, 0) is 46.8 Å². The summed E-state index contributed by atoms with van der Waals surface area (Å²) in [6.07, 6.45) is 0. The quantitative estimate of drug-likeness (QED) is 0.608. The molecule has 1 aromatic heterocycles. The molecule has 6 heteroatoms. The van der Waals surface area contributed by atoms with E-state index in [2.05, 4.69) is 28.5 Å². The zero-order chi connectivity index (χ0) is 20.8. The van der Waals surface area contributed by atoms with E-state index in [1.807, 2.05) is 41.3 Å². The van der Waals surface area contributed by atoms with Crippen molar-refractivity contribution in [3.63, 3.8) is 0 Å². The summed E-state index contributed by atoms with van der Waals surface area (Å²) in [5.41, 5.74) is 2.72.